The molecule has 1 N–H and O–H groups in total. The molecule has 3 aromatic rings. The number of carboxylic acids is 1. The summed E-state index contributed by atoms with van der Waals surface area (Å²) in [5, 5.41) is 18.2. The summed E-state index contributed by atoms with van der Waals surface area (Å²) in [7, 11) is 0. The fraction of sp³-hybridized carbons (Fsp3) is 0.0667. The van der Waals surface area contributed by atoms with Crippen LogP contribution in [0, 0.1) is 17.2 Å². The van der Waals surface area contributed by atoms with Crippen molar-refractivity contribution in [2.24, 2.45) is 5.92 Å². The van der Waals surface area contributed by atoms with Gasteiger partial charge in [-0.25, -0.2) is 4.79 Å². The topological polar surface area (TPSA) is 61.1 Å². The Morgan fingerprint density at radius 2 is 1.64 bits per heavy atom. The Kier molecular flexibility index (Phi) is 5.34. The van der Waals surface area contributed by atoms with E-state index in [0.717, 1.165) is 5.56 Å². The molecule has 0 radical (unpaired) electrons. The number of nitrogens with zero attached hydrogens (tertiary/aromatic N) is 1. The van der Waals surface area contributed by atoms with Gasteiger partial charge in [-0.15, -0.1) is 0 Å². The van der Waals surface area contributed by atoms with Crippen molar-refractivity contribution in [2.75, 3.05) is 0 Å². The Balaban J connectivity index is 1.66. The van der Waals surface area contributed by atoms with Crippen molar-refractivity contribution in [2.45, 2.75) is 5.92 Å². The molecule has 5 rings (SSSR count). The zero-order chi connectivity index (χ0) is 22.8. The van der Waals surface area contributed by atoms with Crippen LogP contribution in [0.5, 0.6) is 0 Å². The van der Waals surface area contributed by atoms with E-state index in [2.05, 4.69) is 78.9 Å². The molecule has 0 saturated carbocycles. The van der Waals surface area contributed by atoms with Gasteiger partial charge >= 0.3 is 5.97 Å². The largest absolute Gasteiger partial charge is 0.477 e. The lowest BCUT2D eigenvalue weighted by Crippen LogP contribution is -2.22. The smallest absolute Gasteiger partial charge is 0.346 e. The highest BCUT2D eigenvalue weighted by molar-refractivity contribution is 5.96. The van der Waals surface area contributed by atoms with Crippen molar-refractivity contribution in [1.82, 2.24) is 0 Å². The van der Waals surface area contributed by atoms with Gasteiger partial charge in [0.15, 0.2) is 0 Å². The van der Waals surface area contributed by atoms with Gasteiger partial charge in [0.25, 0.3) is 0 Å². The second-order valence-corrected chi connectivity index (χ2v) is 8.17. The van der Waals surface area contributed by atoms with Crippen molar-refractivity contribution < 1.29 is 9.90 Å². The van der Waals surface area contributed by atoms with Gasteiger partial charge in [-0.3, -0.25) is 0 Å². The Hall–Kier alpha value is -4.42. The first kappa shape index (κ1) is 20.5. The van der Waals surface area contributed by atoms with Crippen LogP contribution in [0.25, 0.3) is 11.6 Å². The first-order valence-corrected chi connectivity index (χ1v) is 10.9. The first-order valence-electron chi connectivity index (χ1n) is 10.9. The van der Waals surface area contributed by atoms with E-state index >= 15 is 0 Å². The molecule has 0 aliphatic heterocycles. The van der Waals surface area contributed by atoms with Crippen LogP contribution in [0.2, 0.25) is 0 Å². The Labute approximate surface area is 193 Å². The normalized spacial score (nSPS) is 18.9. The van der Waals surface area contributed by atoms with E-state index in [4.69, 9.17) is 10.4 Å². The predicted molar refractivity (Wildman–Crippen MR) is 130 cm³/mol. The first-order chi connectivity index (χ1) is 16.2. The number of benzene rings is 3. The molecule has 0 aromatic heterocycles. The van der Waals surface area contributed by atoms with Crippen LogP contribution in [0.4, 0.5) is 0 Å². The van der Waals surface area contributed by atoms with Gasteiger partial charge in [-0.1, -0.05) is 103 Å². The lowest BCUT2D eigenvalue weighted by Gasteiger charge is -2.36. The molecule has 0 heterocycles. The van der Waals surface area contributed by atoms with Gasteiger partial charge in [-0.05, 0) is 45.0 Å². The number of fused-ring (bicyclic) bond motifs is 2. The van der Waals surface area contributed by atoms with Gasteiger partial charge in [0.2, 0.25) is 0 Å². The molecule has 2 aliphatic rings. The zero-order valence-electron chi connectivity index (χ0n) is 17.8. The molecule has 2 aliphatic carbocycles. The van der Waals surface area contributed by atoms with Crippen LogP contribution < -0.4 is 0 Å². The second-order valence-electron chi connectivity index (χ2n) is 8.17. The Morgan fingerprint density at radius 3 is 2.36 bits per heavy atom. The van der Waals surface area contributed by atoms with Crippen molar-refractivity contribution in [3.05, 3.63) is 142 Å². The molecule has 0 spiro atoms. The number of carboxylic acid groups (broad SMARTS) is 1. The molecule has 0 fully saturated rings. The van der Waals surface area contributed by atoms with E-state index < -0.39 is 5.97 Å². The summed E-state index contributed by atoms with van der Waals surface area (Å²) in [6.45, 7) is 0. The third-order valence-corrected chi connectivity index (χ3v) is 6.30. The average molecular weight is 428 g/mol. The standard InChI is InChI=1S/C30H21NO2/c31-19-23(30(32)33)18-20-14-16-22(17-15-20)29-26-12-6-4-10-24(26)28(21-8-2-1-3-9-21)25-11-5-7-13-27(25)29/h1-18,24,28H,(H,32,33)/b23-18+. The molecule has 3 heteroatoms. The quantitative estimate of drug-likeness (QED) is 0.389. The SMILES string of the molecule is N#C/C(=C\c1ccc(C2=C3C=CC=CC3C(c3ccccc3)c3ccccc32)cc1)C(=O)O. The van der Waals surface area contributed by atoms with E-state index in [0.29, 0.717) is 5.56 Å². The minimum absolute atomic E-state index is 0.221. The number of rotatable bonds is 4. The third kappa shape index (κ3) is 3.73. The minimum Gasteiger partial charge on any atom is -0.477 e. The number of hydrogen-bond acceptors (Lipinski definition) is 2. The molecule has 3 aromatic carbocycles. The molecule has 0 amide bonds. The highest BCUT2D eigenvalue weighted by Crippen LogP contribution is 2.49. The average Bonchev–Trinajstić information content (AvgIpc) is 2.86. The second kappa shape index (κ2) is 8.61. The molecule has 2 atom stereocenters. The van der Waals surface area contributed by atoms with E-state index in [1.807, 2.05) is 24.3 Å². The van der Waals surface area contributed by atoms with Crippen molar-refractivity contribution in [3.63, 3.8) is 0 Å². The Bertz CT molecular complexity index is 1380. The van der Waals surface area contributed by atoms with Crippen LogP contribution in [0.3, 0.4) is 0 Å². The monoisotopic (exact) mass is 427 g/mol. The van der Waals surface area contributed by atoms with Gasteiger partial charge in [0.05, 0.1) is 0 Å². The van der Waals surface area contributed by atoms with Crippen LogP contribution in [-0.4, -0.2) is 11.1 Å². The molecular weight excluding hydrogens is 406 g/mol. The van der Waals surface area contributed by atoms with Crippen LogP contribution >= 0.6 is 0 Å². The number of hydrogen-bond donors (Lipinski definition) is 1. The summed E-state index contributed by atoms with van der Waals surface area (Å²) in [4.78, 5) is 11.2. The fourth-order valence-electron chi connectivity index (χ4n) is 4.87. The van der Waals surface area contributed by atoms with Crippen LogP contribution in [0.1, 0.15) is 33.7 Å². The van der Waals surface area contributed by atoms with E-state index in [1.165, 1.54) is 33.9 Å². The summed E-state index contributed by atoms with van der Waals surface area (Å²) in [5.74, 6) is -0.765. The molecule has 0 bridgehead atoms. The zero-order valence-corrected chi connectivity index (χ0v) is 17.8. The lowest BCUT2D eigenvalue weighted by molar-refractivity contribution is -0.132. The highest BCUT2D eigenvalue weighted by atomic mass is 16.4. The van der Waals surface area contributed by atoms with Gasteiger partial charge in [0.1, 0.15) is 11.6 Å². The summed E-state index contributed by atoms with van der Waals surface area (Å²) >= 11 is 0. The summed E-state index contributed by atoms with van der Waals surface area (Å²) in [6, 6.07) is 28.7. The molecule has 3 nitrogen and oxygen atoms in total. The maximum atomic E-state index is 11.2. The number of aliphatic carboxylic acids is 1. The molecule has 2 unspecified atom stereocenters. The van der Waals surface area contributed by atoms with Gasteiger partial charge in [0, 0.05) is 11.8 Å². The fourth-order valence-corrected chi connectivity index (χ4v) is 4.87. The summed E-state index contributed by atoms with van der Waals surface area (Å²) in [6.07, 6.45) is 10.1. The van der Waals surface area contributed by atoms with Gasteiger partial charge in [-0.2, -0.15) is 5.26 Å². The number of nitriles is 1. The van der Waals surface area contributed by atoms with Crippen LogP contribution in [0.15, 0.2) is 114 Å². The highest BCUT2D eigenvalue weighted by Gasteiger charge is 2.35. The van der Waals surface area contributed by atoms with E-state index in [1.54, 1.807) is 6.07 Å². The summed E-state index contributed by atoms with van der Waals surface area (Å²) in [5.41, 5.74) is 7.75. The molecular formula is C30H21NO2. The van der Waals surface area contributed by atoms with E-state index in [-0.39, 0.29) is 17.4 Å². The number of carbonyl (C=O) groups is 1. The number of allylic oxidation sites excluding steroid dienone is 5. The van der Waals surface area contributed by atoms with Crippen molar-refractivity contribution in [3.8, 4) is 6.07 Å². The van der Waals surface area contributed by atoms with Crippen molar-refractivity contribution in [1.29, 1.82) is 5.26 Å². The summed E-state index contributed by atoms with van der Waals surface area (Å²) < 4.78 is 0. The lowest BCUT2D eigenvalue weighted by atomic mass is 9.66. The maximum absolute atomic E-state index is 11.2. The Morgan fingerprint density at radius 1 is 0.909 bits per heavy atom. The minimum atomic E-state index is -1.22. The van der Waals surface area contributed by atoms with Crippen molar-refractivity contribution >= 4 is 17.6 Å². The molecule has 158 valence electrons. The molecule has 33 heavy (non-hydrogen) atoms. The van der Waals surface area contributed by atoms with Gasteiger partial charge < -0.3 is 5.11 Å². The van der Waals surface area contributed by atoms with Crippen LogP contribution in [-0.2, 0) is 4.79 Å². The maximum Gasteiger partial charge on any atom is 0.346 e. The third-order valence-electron chi connectivity index (χ3n) is 6.30. The van der Waals surface area contributed by atoms with E-state index in [9.17, 15) is 4.79 Å². The predicted octanol–water partition coefficient (Wildman–Crippen LogP) is 6.37. The molecule has 0 saturated heterocycles.